The van der Waals surface area contributed by atoms with Crippen LogP contribution in [-0.4, -0.2) is 19.8 Å². The van der Waals surface area contributed by atoms with Crippen LogP contribution >= 0.6 is 6.72 Å². The molecule has 0 unspecified atom stereocenters. The van der Waals surface area contributed by atoms with Gasteiger partial charge in [0, 0.05) is 6.20 Å². The van der Waals surface area contributed by atoms with Crippen LogP contribution in [0.3, 0.4) is 0 Å². The first-order valence-electron chi connectivity index (χ1n) is 2.59. The van der Waals surface area contributed by atoms with E-state index in [1.807, 2.05) is 0 Å². The van der Waals surface area contributed by atoms with Gasteiger partial charge in [0.15, 0.2) is 0 Å². The van der Waals surface area contributed by atoms with Gasteiger partial charge in [0.05, 0.1) is 6.20 Å². The highest BCUT2D eigenvalue weighted by atomic mass is 32.5. The third kappa shape index (κ3) is 3.50. The fourth-order valence-electron chi connectivity index (χ4n) is 0.454. The number of hydrogen-bond donors (Lipinski definition) is 2. The molecule has 0 aliphatic heterocycles. The number of nitrogens with zero attached hydrogens (tertiary/aromatic N) is 2. The first-order valence-corrected chi connectivity index (χ1v) is 5.62. The van der Waals surface area contributed by atoms with Crippen molar-refractivity contribution in [2.75, 3.05) is 0 Å². The molecule has 0 aliphatic rings. The molecule has 1 aromatic rings. The van der Waals surface area contributed by atoms with E-state index in [-0.39, 0.29) is 5.03 Å². The van der Waals surface area contributed by atoms with Crippen LogP contribution < -0.4 is 4.89 Å². The first kappa shape index (κ1) is 8.70. The zero-order valence-electron chi connectivity index (χ0n) is 5.28. The average Bonchev–Trinajstić information content (AvgIpc) is 1.85. The molecule has 0 radical (unpaired) electrons. The van der Waals surface area contributed by atoms with E-state index in [0.717, 1.165) is 0 Å². The maximum absolute atomic E-state index is 10.4. The van der Waals surface area contributed by atoms with Crippen LogP contribution in [0.1, 0.15) is 0 Å². The minimum atomic E-state index is -4.07. The molecule has 1 heterocycles. The van der Waals surface area contributed by atoms with E-state index in [1.54, 1.807) is 0 Å². The van der Waals surface area contributed by atoms with Gasteiger partial charge >= 0.3 is 11.7 Å². The van der Waals surface area contributed by atoms with E-state index >= 15 is 0 Å². The Hall–Kier alpha value is -0.390. The van der Waals surface area contributed by atoms with Crippen LogP contribution in [0, 0.1) is 0 Å². The second-order valence-corrected chi connectivity index (χ2v) is 5.18. The maximum Gasteiger partial charge on any atom is 0.340 e. The molecule has 2 N–H and O–H groups in total. The Labute approximate surface area is 66.6 Å². The van der Waals surface area contributed by atoms with Gasteiger partial charge in [0.1, 0.15) is 6.20 Å². The Morgan fingerprint density at radius 2 is 2.18 bits per heavy atom. The van der Waals surface area contributed by atoms with Gasteiger partial charge in [-0.2, -0.15) is 4.98 Å². The molecule has 0 atom stereocenters. The van der Waals surface area contributed by atoms with Crippen LogP contribution in [0.5, 0.6) is 0 Å². The van der Waals surface area contributed by atoms with Gasteiger partial charge in [-0.25, -0.2) is 0 Å². The Morgan fingerprint density at radius 1 is 1.45 bits per heavy atom. The van der Waals surface area contributed by atoms with Crippen molar-refractivity contribution >= 4 is 17.7 Å². The molecule has 0 fully saturated rings. The Bertz CT molecular complexity index is 276. The first-order chi connectivity index (χ1) is 5.08. The van der Waals surface area contributed by atoms with Crippen molar-refractivity contribution in [3.05, 3.63) is 18.6 Å². The van der Waals surface area contributed by atoms with Crippen molar-refractivity contribution < 1.29 is 14.7 Å². The summed E-state index contributed by atoms with van der Waals surface area (Å²) in [6.07, 6.45) is 4.10. The van der Waals surface area contributed by atoms with Gasteiger partial charge in [0.2, 0.25) is 0 Å². The molecule has 0 saturated carbocycles. The lowest BCUT2D eigenvalue weighted by molar-refractivity contribution is -0.196. The van der Waals surface area contributed by atoms with Gasteiger partial charge < -0.3 is 14.7 Å². The predicted molar refractivity (Wildman–Crippen MR) is 39.0 cm³/mol. The largest absolute Gasteiger partial charge is 0.741 e. The zero-order chi connectivity index (χ0) is 8.32. The molecule has 5 nitrogen and oxygen atoms in total. The molecular weight excluding hydrogens is 187 g/mol. The Morgan fingerprint density at radius 3 is 2.64 bits per heavy atom. The topological polar surface area (TPSA) is 89.3 Å². The van der Waals surface area contributed by atoms with Crippen molar-refractivity contribution in [3.8, 4) is 0 Å². The molecule has 0 spiro atoms. The third-order valence-corrected chi connectivity index (χ3v) is 2.66. The zero-order valence-corrected chi connectivity index (χ0v) is 7.00. The van der Waals surface area contributed by atoms with Crippen molar-refractivity contribution in [2.24, 2.45) is 0 Å². The third-order valence-electron chi connectivity index (χ3n) is 0.752. The fraction of sp³-hybridized carbons (Fsp3) is 0. The Kier molecular flexibility index (Phi) is 2.64. The van der Waals surface area contributed by atoms with Gasteiger partial charge in [-0.3, -0.25) is 4.98 Å². The number of hydrogen-bond acceptors (Lipinski definition) is 3. The van der Waals surface area contributed by atoms with Crippen LogP contribution in [0.2, 0.25) is 0 Å². The molecule has 0 aromatic carbocycles. The van der Waals surface area contributed by atoms with Crippen LogP contribution in [-0.2, 0) is 10.9 Å². The minimum Gasteiger partial charge on any atom is -0.741 e. The van der Waals surface area contributed by atoms with E-state index in [2.05, 4.69) is 9.97 Å². The molecular formula is C4H5N2O3PS. The quantitative estimate of drug-likeness (QED) is 0.437. The number of aromatic nitrogens is 2. The summed E-state index contributed by atoms with van der Waals surface area (Å²) in [6, 6.07) is 0. The molecule has 0 saturated heterocycles. The summed E-state index contributed by atoms with van der Waals surface area (Å²) >= 11 is 0. The van der Waals surface area contributed by atoms with E-state index in [1.165, 1.54) is 18.6 Å². The monoisotopic (exact) mass is 192 g/mol. The second kappa shape index (κ2) is 3.34. The summed E-state index contributed by atoms with van der Waals surface area (Å²) in [5, 5.41) is 0.223. The van der Waals surface area contributed by atoms with Crippen LogP contribution in [0.15, 0.2) is 23.6 Å². The maximum atomic E-state index is 10.4. The molecule has 1 rings (SSSR count). The van der Waals surface area contributed by atoms with Crippen LogP contribution in [0.25, 0.3) is 0 Å². The SMILES string of the molecule is [O-]P(O)(O)=[S+]c1cnccn1. The van der Waals surface area contributed by atoms with Gasteiger partial charge in [0.25, 0.3) is 10.9 Å². The molecule has 1 aromatic heterocycles. The van der Waals surface area contributed by atoms with Gasteiger partial charge in [-0.15, -0.1) is 0 Å². The second-order valence-electron chi connectivity index (χ2n) is 1.63. The molecule has 0 bridgehead atoms. The summed E-state index contributed by atoms with van der Waals surface area (Å²) in [7, 11) is 0.394. The highest BCUT2D eigenvalue weighted by Gasteiger charge is 2.11. The average molecular weight is 192 g/mol. The highest BCUT2D eigenvalue weighted by molar-refractivity contribution is 8.15. The predicted octanol–water partition coefficient (Wildman–Crippen LogP) is -1.06. The fourth-order valence-corrected chi connectivity index (χ4v) is 1.93. The molecule has 7 heteroatoms. The summed E-state index contributed by atoms with van der Waals surface area (Å²) < 4.78 is 0. The summed E-state index contributed by atoms with van der Waals surface area (Å²) in [5.41, 5.74) is 0. The lowest BCUT2D eigenvalue weighted by atomic mass is 10.8. The van der Waals surface area contributed by atoms with Crippen LogP contribution in [0.4, 0.5) is 0 Å². The van der Waals surface area contributed by atoms with Crippen molar-refractivity contribution in [2.45, 2.75) is 5.03 Å². The lowest BCUT2D eigenvalue weighted by Crippen LogP contribution is -1.99. The Balaban J connectivity index is 2.98. The number of rotatable bonds is 1. The molecule has 0 amide bonds. The highest BCUT2D eigenvalue weighted by Crippen LogP contribution is 2.26. The molecule has 0 aliphatic carbocycles. The normalized spacial score (nSPS) is 11.2. The standard InChI is InChI=1S/C4H5N2O3PS/c7-10(8,9)11-4-3-5-1-2-6-4/h1-3H,(H2-,7,8,9). The minimum absolute atomic E-state index is 0.223. The smallest absolute Gasteiger partial charge is 0.340 e. The summed E-state index contributed by atoms with van der Waals surface area (Å²) in [5.74, 6) is 0. The van der Waals surface area contributed by atoms with Crippen molar-refractivity contribution in [1.82, 2.24) is 9.97 Å². The summed E-state index contributed by atoms with van der Waals surface area (Å²) in [6.45, 7) is -4.07. The van der Waals surface area contributed by atoms with E-state index in [4.69, 9.17) is 9.79 Å². The van der Waals surface area contributed by atoms with Gasteiger partial charge in [-0.1, -0.05) is 0 Å². The van der Waals surface area contributed by atoms with E-state index in [9.17, 15) is 4.89 Å². The molecule has 11 heavy (non-hydrogen) atoms. The van der Waals surface area contributed by atoms with Crippen molar-refractivity contribution in [1.29, 1.82) is 0 Å². The lowest BCUT2D eigenvalue weighted by Gasteiger charge is -1.99. The summed E-state index contributed by atoms with van der Waals surface area (Å²) in [4.78, 5) is 34.7. The van der Waals surface area contributed by atoms with Crippen molar-refractivity contribution in [3.63, 3.8) is 0 Å². The van der Waals surface area contributed by atoms with E-state index < -0.39 is 6.72 Å². The molecule has 60 valence electrons. The van der Waals surface area contributed by atoms with Gasteiger partial charge in [-0.05, 0) is 0 Å². The van der Waals surface area contributed by atoms with E-state index in [0.29, 0.717) is 10.9 Å².